The highest BCUT2D eigenvalue weighted by Crippen LogP contribution is 2.26. The lowest BCUT2D eigenvalue weighted by Crippen LogP contribution is -2.41. The SMILES string of the molecule is Cc1ccc(S(=O)(=O)N2CCCCC2C)cc1C(=O)OCc1nc2c(C)cccc2c(=O)[nH]1. The maximum absolute atomic E-state index is 13.2. The first-order valence-electron chi connectivity index (χ1n) is 11.0. The second-order valence-electron chi connectivity index (χ2n) is 8.50. The second-order valence-corrected chi connectivity index (χ2v) is 10.4. The third-order valence-corrected chi connectivity index (χ3v) is 8.11. The summed E-state index contributed by atoms with van der Waals surface area (Å²) in [5, 5.41) is 0.464. The van der Waals surface area contributed by atoms with Gasteiger partial charge < -0.3 is 9.72 Å². The summed E-state index contributed by atoms with van der Waals surface area (Å²) >= 11 is 0. The number of carbonyl (C=O) groups excluding carboxylic acids is 1. The number of carbonyl (C=O) groups is 1. The number of aryl methyl sites for hydroxylation is 2. The Morgan fingerprint density at radius 2 is 1.97 bits per heavy atom. The number of piperidine rings is 1. The van der Waals surface area contributed by atoms with E-state index in [1.54, 1.807) is 25.1 Å². The minimum absolute atomic E-state index is 0.0710. The number of aromatic nitrogens is 2. The smallest absolute Gasteiger partial charge is 0.338 e. The molecule has 33 heavy (non-hydrogen) atoms. The van der Waals surface area contributed by atoms with Gasteiger partial charge in [0.15, 0.2) is 0 Å². The van der Waals surface area contributed by atoms with E-state index < -0.39 is 16.0 Å². The molecule has 0 bridgehead atoms. The van der Waals surface area contributed by atoms with Crippen LogP contribution in [0.25, 0.3) is 10.9 Å². The van der Waals surface area contributed by atoms with Crippen molar-refractivity contribution in [2.75, 3.05) is 6.54 Å². The van der Waals surface area contributed by atoms with E-state index in [9.17, 15) is 18.0 Å². The summed E-state index contributed by atoms with van der Waals surface area (Å²) < 4.78 is 33.3. The molecule has 8 nitrogen and oxygen atoms in total. The lowest BCUT2D eigenvalue weighted by molar-refractivity contribution is 0.0461. The predicted octanol–water partition coefficient (Wildman–Crippen LogP) is 3.46. The molecule has 0 saturated carbocycles. The summed E-state index contributed by atoms with van der Waals surface area (Å²) in [4.78, 5) is 32.3. The molecule has 1 fully saturated rings. The fourth-order valence-corrected chi connectivity index (χ4v) is 5.90. The zero-order valence-corrected chi connectivity index (χ0v) is 19.7. The summed E-state index contributed by atoms with van der Waals surface area (Å²) in [5.74, 6) is -0.456. The molecular weight excluding hydrogens is 442 g/mol. The molecule has 0 spiro atoms. The van der Waals surface area contributed by atoms with Crippen molar-refractivity contribution in [1.29, 1.82) is 0 Å². The number of nitrogens with one attached hydrogen (secondary N) is 1. The monoisotopic (exact) mass is 469 g/mol. The zero-order chi connectivity index (χ0) is 23.8. The molecule has 3 aromatic rings. The lowest BCUT2D eigenvalue weighted by Gasteiger charge is -2.32. The van der Waals surface area contributed by atoms with Crippen LogP contribution in [0.4, 0.5) is 0 Å². The standard InChI is InChI=1S/C24H27N3O5S/c1-15-10-11-18(33(30,31)27-12-5-4-8-17(27)3)13-20(15)24(29)32-14-21-25-22-16(2)7-6-9-19(22)23(28)26-21/h6-7,9-11,13,17H,4-5,8,12,14H2,1-3H3,(H,25,26,28). The fourth-order valence-electron chi connectivity index (χ4n) is 4.18. The van der Waals surface area contributed by atoms with Gasteiger partial charge in [-0.1, -0.05) is 24.6 Å². The molecular formula is C24H27N3O5S. The minimum atomic E-state index is -3.72. The van der Waals surface area contributed by atoms with Crippen molar-refractivity contribution in [2.24, 2.45) is 0 Å². The van der Waals surface area contributed by atoms with Gasteiger partial charge in [0.25, 0.3) is 5.56 Å². The van der Waals surface area contributed by atoms with E-state index in [1.165, 1.54) is 16.4 Å². The van der Waals surface area contributed by atoms with Gasteiger partial charge in [0, 0.05) is 12.6 Å². The molecule has 1 unspecified atom stereocenters. The van der Waals surface area contributed by atoms with Crippen LogP contribution >= 0.6 is 0 Å². The van der Waals surface area contributed by atoms with E-state index in [-0.39, 0.29) is 34.5 Å². The van der Waals surface area contributed by atoms with Gasteiger partial charge in [0.2, 0.25) is 10.0 Å². The van der Waals surface area contributed by atoms with Crippen molar-refractivity contribution in [1.82, 2.24) is 14.3 Å². The van der Waals surface area contributed by atoms with Crippen LogP contribution in [0, 0.1) is 13.8 Å². The van der Waals surface area contributed by atoms with E-state index in [2.05, 4.69) is 9.97 Å². The van der Waals surface area contributed by atoms with Crippen LogP contribution < -0.4 is 5.56 Å². The third-order valence-electron chi connectivity index (χ3n) is 6.10. The first-order chi connectivity index (χ1) is 15.7. The number of ether oxygens (including phenoxy) is 1. The average Bonchev–Trinajstić information content (AvgIpc) is 2.78. The number of hydrogen-bond donors (Lipinski definition) is 1. The highest BCUT2D eigenvalue weighted by Gasteiger charge is 2.31. The Labute approximate surface area is 192 Å². The van der Waals surface area contributed by atoms with Gasteiger partial charge in [0.1, 0.15) is 12.4 Å². The number of fused-ring (bicyclic) bond motifs is 1. The first kappa shape index (κ1) is 23.1. The number of H-pyrrole nitrogens is 1. The van der Waals surface area contributed by atoms with E-state index in [4.69, 9.17) is 4.74 Å². The van der Waals surface area contributed by atoms with Crippen LogP contribution in [-0.4, -0.2) is 41.2 Å². The first-order valence-corrected chi connectivity index (χ1v) is 12.4. The Kier molecular flexibility index (Phi) is 6.36. The number of nitrogens with zero attached hydrogens (tertiary/aromatic N) is 2. The molecule has 1 aliphatic rings. The van der Waals surface area contributed by atoms with E-state index in [0.29, 0.717) is 23.0 Å². The topological polar surface area (TPSA) is 109 Å². The molecule has 4 rings (SSSR count). The van der Waals surface area contributed by atoms with Gasteiger partial charge >= 0.3 is 5.97 Å². The second kappa shape index (κ2) is 9.07. The molecule has 0 radical (unpaired) electrons. The number of benzene rings is 2. The largest absolute Gasteiger partial charge is 0.454 e. The maximum atomic E-state index is 13.2. The van der Waals surface area contributed by atoms with E-state index >= 15 is 0 Å². The molecule has 174 valence electrons. The van der Waals surface area contributed by atoms with Crippen molar-refractivity contribution >= 4 is 26.9 Å². The van der Waals surface area contributed by atoms with Gasteiger partial charge in [0.05, 0.1) is 21.4 Å². The number of aromatic amines is 1. The van der Waals surface area contributed by atoms with E-state index in [0.717, 1.165) is 24.8 Å². The van der Waals surface area contributed by atoms with Crippen molar-refractivity contribution in [3.8, 4) is 0 Å². The van der Waals surface area contributed by atoms with Gasteiger partial charge in [-0.25, -0.2) is 18.2 Å². The molecule has 1 aliphatic heterocycles. The molecule has 1 N–H and O–H groups in total. The molecule has 0 aliphatic carbocycles. The Bertz CT molecular complexity index is 1380. The lowest BCUT2D eigenvalue weighted by atomic mass is 10.1. The van der Waals surface area contributed by atoms with Gasteiger partial charge in [-0.3, -0.25) is 4.79 Å². The molecule has 1 saturated heterocycles. The summed E-state index contributed by atoms with van der Waals surface area (Å²) in [6.07, 6.45) is 2.64. The van der Waals surface area contributed by atoms with Crippen LogP contribution in [0.1, 0.15) is 53.5 Å². The van der Waals surface area contributed by atoms with Crippen LogP contribution in [0.15, 0.2) is 46.1 Å². The van der Waals surface area contributed by atoms with Gasteiger partial charge in [-0.05, 0) is 62.9 Å². The number of esters is 1. The van der Waals surface area contributed by atoms with Crippen LogP contribution in [-0.2, 0) is 21.4 Å². The molecule has 1 aromatic heterocycles. The normalized spacial score (nSPS) is 17.2. The zero-order valence-electron chi connectivity index (χ0n) is 18.9. The summed E-state index contributed by atoms with van der Waals surface area (Å²) in [6, 6.07) is 9.73. The molecule has 0 amide bonds. The Morgan fingerprint density at radius 3 is 2.73 bits per heavy atom. The summed E-state index contributed by atoms with van der Waals surface area (Å²) in [7, 11) is -3.72. The maximum Gasteiger partial charge on any atom is 0.338 e. The predicted molar refractivity (Wildman–Crippen MR) is 125 cm³/mol. The number of rotatable bonds is 5. The Balaban J connectivity index is 1.57. The molecule has 2 heterocycles. The number of sulfonamides is 1. The van der Waals surface area contributed by atoms with Crippen molar-refractivity contribution in [2.45, 2.75) is 57.6 Å². The highest BCUT2D eigenvalue weighted by atomic mass is 32.2. The Hall–Kier alpha value is -3.04. The molecule has 9 heteroatoms. The quantitative estimate of drug-likeness (QED) is 0.573. The van der Waals surface area contributed by atoms with Gasteiger partial charge in [-0.2, -0.15) is 4.31 Å². The highest BCUT2D eigenvalue weighted by molar-refractivity contribution is 7.89. The fraction of sp³-hybridized carbons (Fsp3) is 0.375. The third kappa shape index (κ3) is 4.56. The van der Waals surface area contributed by atoms with Crippen molar-refractivity contribution in [3.05, 3.63) is 69.3 Å². The minimum Gasteiger partial charge on any atom is -0.454 e. The van der Waals surface area contributed by atoms with Crippen molar-refractivity contribution < 1.29 is 17.9 Å². The van der Waals surface area contributed by atoms with Crippen LogP contribution in [0.3, 0.4) is 0 Å². The number of para-hydroxylation sites is 1. The van der Waals surface area contributed by atoms with Gasteiger partial charge in [-0.15, -0.1) is 0 Å². The summed E-state index contributed by atoms with van der Waals surface area (Å²) in [5.41, 5.74) is 1.84. The van der Waals surface area contributed by atoms with Crippen LogP contribution in [0.5, 0.6) is 0 Å². The number of hydrogen-bond acceptors (Lipinski definition) is 6. The molecule has 2 aromatic carbocycles. The van der Waals surface area contributed by atoms with Crippen LogP contribution in [0.2, 0.25) is 0 Å². The summed E-state index contributed by atoms with van der Waals surface area (Å²) in [6.45, 7) is 5.70. The molecule has 1 atom stereocenters. The van der Waals surface area contributed by atoms with E-state index in [1.807, 2.05) is 19.9 Å². The van der Waals surface area contributed by atoms with Crippen molar-refractivity contribution in [3.63, 3.8) is 0 Å². The Morgan fingerprint density at radius 1 is 1.18 bits per heavy atom. The average molecular weight is 470 g/mol.